The number of aldehydes is 1. The van der Waals surface area contributed by atoms with Crippen molar-refractivity contribution in [2.24, 2.45) is 0 Å². The first-order valence-corrected chi connectivity index (χ1v) is 6.11. The van der Waals surface area contributed by atoms with Gasteiger partial charge in [0.1, 0.15) is 6.29 Å². The van der Waals surface area contributed by atoms with Crippen molar-refractivity contribution in [3.63, 3.8) is 0 Å². The lowest BCUT2D eigenvalue weighted by atomic mass is 10.1. The summed E-state index contributed by atoms with van der Waals surface area (Å²) >= 11 is 0. The van der Waals surface area contributed by atoms with E-state index < -0.39 is 0 Å². The van der Waals surface area contributed by atoms with Crippen molar-refractivity contribution in [3.8, 4) is 0 Å². The van der Waals surface area contributed by atoms with Crippen LogP contribution in [0.1, 0.15) is 45.4 Å². The molecule has 2 rings (SSSR count). The quantitative estimate of drug-likeness (QED) is 0.672. The zero-order valence-electron chi connectivity index (χ0n) is 9.69. The summed E-state index contributed by atoms with van der Waals surface area (Å²) in [6, 6.07) is 0.505. The minimum Gasteiger partial charge on any atom is -0.391 e. The standard InChI is InChI=1S/C10H19NO.C2H4O/c12-10-6-4-5-9(10)11-7-2-1-3-8-11;1-2-3/h9-10,12H,1-8H2;2H,1H3. The van der Waals surface area contributed by atoms with Crippen molar-refractivity contribution in [1.82, 2.24) is 4.90 Å². The van der Waals surface area contributed by atoms with Crippen LogP contribution in [0.2, 0.25) is 0 Å². The van der Waals surface area contributed by atoms with Crippen LogP contribution in [-0.2, 0) is 4.79 Å². The second-order valence-electron chi connectivity index (χ2n) is 4.40. The van der Waals surface area contributed by atoms with Crippen LogP contribution in [0.4, 0.5) is 0 Å². The van der Waals surface area contributed by atoms with Gasteiger partial charge in [-0.1, -0.05) is 6.42 Å². The Morgan fingerprint density at radius 2 is 1.73 bits per heavy atom. The summed E-state index contributed by atoms with van der Waals surface area (Å²) in [7, 11) is 0. The van der Waals surface area contributed by atoms with Gasteiger partial charge in [-0.15, -0.1) is 0 Å². The maximum absolute atomic E-state index is 9.70. The molecule has 0 aromatic heterocycles. The number of aliphatic hydroxyl groups is 1. The highest BCUT2D eigenvalue weighted by molar-refractivity contribution is 5.44. The Morgan fingerprint density at radius 3 is 2.20 bits per heavy atom. The second-order valence-corrected chi connectivity index (χ2v) is 4.40. The fraction of sp³-hybridized carbons (Fsp3) is 0.917. The van der Waals surface area contributed by atoms with Gasteiger partial charge >= 0.3 is 0 Å². The SMILES string of the molecule is CC=O.OC1CCCC1N1CCCCC1. The summed E-state index contributed by atoms with van der Waals surface area (Å²) in [5, 5.41) is 9.70. The van der Waals surface area contributed by atoms with E-state index in [1.54, 1.807) is 0 Å². The molecule has 88 valence electrons. The Hall–Kier alpha value is -0.410. The smallest absolute Gasteiger partial charge is 0.116 e. The normalized spacial score (nSPS) is 31.9. The van der Waals surface area contributed by atoms with Crippen LogP contribution in [0.15, 0.2) is 0 Å². The summed E-state index contributed by atoms with van der Waals surface area (Å²) in [4.78, 5) is 11.3. The molecule has 0 aromatic carbocycles. The molecular formula is C12H23NO2. The molecule has 3 nitrogen and oxygen atoms in total. The number of piperidine rings is 1. The number of aliphatic hydroxyl groups excluding tert-OH is 1. The first-order chi connectivity index (χ1) is 7.29. The van der Waals surface area contributed by atoms with Crippen LogP contribution in [0.3, 0.4) is 0 Å². The molecule has 0 bridgehead atoms. The predicted octanol–water partition coefficient (Wildman–Crippen LogP) is 1.59. The average Bonchev–Trinajstić information content (AvgIpc) is 2.67. The Labute approximate surface area is 92.5 Å². The number of hydrogen-bond donors (Lipinski definition) is 1. The molecule has 2 atom stereocenters. The number of rotatable bonds is 1. The third kappa shape index (κ3) is 3.92. The van der Waals surface area contributed by atoms with Crippen molar-refractivity contribution in [1.29, 1.82) is 0 Å². The molecule has 2 aliphatic rings. The van der Waals surface area contributed by atoms with E-state index in [0.717, 1.165) is 12.7 Å². The van der Waals surface area contributed by atoms with Gasteiger partial charge in [0.25, 0.3) is 0 Å². The second kappa shape index (κ2) is 6.96. The summed E-state index contributed by atoms with van der Waals surface area (Å²) in [5.74, 6) is 0. The number of hydrogen-bond acceptors (Lipinski definition) is 3. The molecule has 1 saturated heterocycles. The molecule has 1 aliphatic heterocycles. The van der Waals surface area contributed by atoms with E-state index in [1.807, 2.05) is 0 Å². The summed E-state index contributed by atoms with van der Waals surface area (Å²) < 4.78 is 0. The van der Waals surface area contributed by atoms with E-state index >= 15 is 0 Å². The van der Waals surface area contributed by atoms with E-state index in [-0.39, 0.29) is 6.10 Å². The largest absolute Gasteiger partial charge is 0.391 e. The van der Waals surface area contributed by atoms with Crippen LogP contribution in [0.5, 0.6) is 0 Å². The molecule has 2 unspecified atom stereocenters. The molecule has 2 fully saturated rings. The Bertz CT molecular complexity index is 178. The molecular weight excluding hydrogens is 190 g/mol. The van der Waals surface area contributed by atoms with Gasteiger partial charge in [-0.3, -0.25) is 4.90 Å². The maximum Gasteiger partial charge on any atom is 0.116 e. The van der Waals surface area contributed by atoms with Gasteiger partial charge in [0.05, 0.1) is 6.10 Å². The lowest BCUT2D eigenvalue weighted by Crippen LogP contribution is -2.43. The minimum absolute atomic E-state index is 0.0249. The monoisotopic (exact) mass is 213 g/mol. The van der Waals surface area contributed by atoms with Gasteiger partial charge in [0, 0.05) is 6.04 Å². The van der Waals surface area contributed by atoms with Gasteiger partial charge < -0.3 is 9.90 Å². The van der Waals surface area contributed by atoms with Crippen molar-refractivity contribution >= 4 is 6.29 Å². The van der Waals surface area contributed by atoms with Gasteiger partial charge in [-0.05, 0) is 52.1 Å². The fourth-order valence-corrected chi connectivity index (χ4v) is 2.60. The molecule has 0 aromatic rings. The van der Waals surface area contributed by atoms with Gasteiger partial charge in [0.2, 0.25) is 0 Å². The summed E-state index contributed by atoms with van der Waals surface area (Å²) in [6.45, 7) is 3.89. The van der Waals surface area contributed by atoms with Crippen molar-refractivity contribution in [2.75, 3.05) is 13.1 Å². The van der Waals surface area contributed by atoms with Gasteiger partial charge in [-0.2, -0.15) is 0 Å². The first kappa shape index (κ1) is 12.7. The lowest BCUT2D eigenvalue weighted by Gasteiger charge is -2.33. The molecule has 1 heterocycles. The average molecular weight is 213 g/mol. The Morgan fingerprint density at radius 1 is 1.13 bits per heavy atom. The molecule has 1 N–H and O–H groups in total. The molecule has 0 radical (unpaired) electrons. The molecule has 3 heteroatoms. The zero-order valence-corrected chi connectivity index (χ0v) is 9.69. The molecule has 15 heavy (non-hydrogen) atoms. The Balaban J connectivity index is 0.000000337. The van der Waals surface area contributed by atoms with Crippen LogP contribution in [-0.4, -0.2) is 41.5 Å². The van der Waals surface area contributed by atoms with Crippen LogP contribution >= 0.6 is 0 Å². The summed E-state index contributed by atoms with van der Waals surface area (Å²) in [6.07, 6.45) is 8.26. The Kier molecular flexibility index (Phi) is 5.88. The van der Waals surface area contributed by atoms with Crippen molar-refractivity contribution in [2.45, 2.75) is 57.6 Å². The van der Waals surface area contributed by atoms with E-state index in [1.165, 1.54) is 52.1 Å². The maximum atomic E-state index is 9.70. The topological polar surface area (TPSA) is 40.5 Å². The zero-order chi connectivity index (χ0) is 11.1. The van der Waals surface area contributed by atoms with Crippen LogP contribution < -0.4 is 0 Å². The third-order valence-corrected chi connectivity index (χ3v) is 3.30. The summed E-state index contributed by atoms with van der Waals surface area (Å²) in [5.41, 5.74) is 0. The lowest BCUT2D eigenvalue weighted by molar-refractivity contribution is -0.106. The number of carbonyl (C=O) groups excluding carboxylic acids is 1. The van der Waals surface area contributed by atoms with Crippen LogP contribution in [0, 0.1) is 0 Å². The van der Waals surface area contributed by atoms with Gasteiger partial charge in [0.15, 0.2) is 0 Å². The molecule has 1 aliphatic carbocycles. The van der Waals surface area contributed by atoms with E-state index in [4.69, 9.17) is 4.79 Å². The molecule has 0 amide bonds. The van der Waals surface area contributed by atoms with Crippen molar-refractivity contribution < 1.29 is 9.90 Å². The van der Waals surface area contributed by atoms with Crippen molar-refractivity contribution in [3.05, 3.63) is 0 Å². The number of carbonyl (C=O) groups is 1. The highest BCUT2D eigenvalue weighted by Crippen LogP contribution is 2.26. The fourth-order valence-electron chi connectivity index (χ4n) is 2.60. The molecule has 1 saturated carbocycles. The predicted molar refractivity (Wildman–Crippen MR) is 60.8 cm³/mol. The van der Waals surface area contributed by atoms with E-state index in [9.17, 15) is 5.11 Å². The van der Waals surface area contributed by atoms with E-state index in [0.29, 0.717) is 6.04 Å². The number of nitrogens with zero attached hydrogens (tertiary/aromatic N) is 1. The van der Waals surface area contributed by atoms with Gasteiger partial charge in [-0.25, -0.2) is 0 Å². The van der Waals surface area contributed by atoms with Crippen LogP contribution in [0.25, 0.3) is 0 Å². The highest BCUT2D eigenvalue weighted by Gasteiger charge is 2.30. The number of likely N-dealkylation sites (tertiary alicyclic amines) is 1. The minimum atomic E-state index is -0.0249. The molecule has 0 spiro atoms. The van der Waals surface area contributed by atoms with E-state index in [2.05, 4.69) is 4.90 Å². The first-order valence-electron chi connectivity index (χ1n) is 6.11. The highest BCUT2D eigenvalue weighted by atomic mass is 16.3. The third-order valence-electron chi connectivity index (χ3n) is 3.30.